The summed E-state index contributed by atoms with van der Waals surface area (Å²) in [6.45, 7) is 5.56. The van der Waals surface area contributed by atoms with E-state index in [0.717, 1.165) is 62.7 Å². The molecular weight excluding hydrogens is 411 g/mol. The highest BCUT2D eigenvalue weighted by atomic mass is 35.5. The van der Waals surface area contributed by atoms with Crippen molar-refractivity contribution in [2.75, 3.05) is 44.2 Å². The van der Waals surface area contributed by atoms with Gasteiger partial charge in [-0.3, -0.25) is 0 Å². The SMILES string of the molecule is O=C1N=C2C=C(OCCCN3CCCN(c4cccc(Cl)c4Cl)CC3)C=CC2N1. The molecule has 0 saturated carbocycles. The molecule has 1 aromatic rings. The second-order valence-electron chi connectivity index (χ2n) is 7.33. The van der Waals surface area contributed by atoms with Gasteiger partial charge in [0.25, 0.3) is 0 Å². The molecule has 6 nitrogen and oxygen atoms in total. The van der Waals surface area contributed by atoms with E-state index in [1.165, 1.54) is 0 Å². The number of rotatable bonds is 6. The fraction of sp³-hybridized carbons (Fsp3) is 0.429. The van der Waals surface area contributed by atoms with Crippen LogP contribution in [0.3, 0.4) is 0 Å². The Hall–Kier alpha value is -2.02. The van der Waals surface area contributed by atoms with E-state index in [-0.39, 0.29) is 12.1 Å². The van der Waals surface area contributed by atoms with Crippen LogP contribution in [0.1, 0.15) is 12.8 Å². The number of nitrogens with one attached hydrogen (secondary N) is 1. The molecule has 1 fully saturated rings. The third-order valence-corrected chi connectivity index (χ3v) is 6.13. The fourth-order valence-corrected chi connectivity index (χ4v) is 4.23. The number of fused-ring (bicyclic) bond motifs is 1. The number of anilines is 1. The van der Waals surface area contributed by atoms with Gasteiger partial charge < -0.3 is 19.9 Å². The van der Waals surface area contributed by atoms with Crippen LogP contribution in [0, 0.1) is 0 Å². The van der Waals surface area contributed by atoms with E-state index in [2.05, 4.69) is 20.1 Å². The maximum atomic E-state index is 11.3. The number of carbonyl (C=O) groups excluding carboxylic acids is 1. The van der Waals surface area contributed by atoms with Crippen molar-refractivity contribution in [3.63, 3.8) is 0 Å². The Morgan fingerprint density at radius 2 is 2.10 bits per heavy atom. The molecule has 0 aromatic heterocycles. The topological polar surface area (TPSA) is 57.2 Å². The first-order valence-corrected chi connectivity index (χ1v) is 10.7. The number of hydrogen-bond acceptors (Lipinski definition) is 4. The highest BCUT2D eigenvalue weighted by Gasteiger charge is 2.25. The van der Waals surface area contributed by atoms with E-state index in [0.29, 0.717) is 16.7 Å². The van der Waals surface area contributed by atoms with Crippen molar-refractivity contribution < 1.29 is 9.53 Å². The molecule has 1 saturated heterocycles. The first kappa shape index (κ1) is 20.3. The van der Waals surface area contributed by atoms with Crippen molar-refractivity contribution >= 4 is 40.6 Å². The van der Waals surface area contributed by atoms with Crippen LogP contribution in [0.25, 0.3) is 0 Å². The Bertz CT molecular complexity index is 868. The van der Waals surface area contributed by atoms with E-state index < -0.39 is 0 Å². The number of allylic oxidation sites excluding steroid dienone is 1. The van der Waals surface area contributed by atoms with Crippen LogP contribution < -0.4 is 10.2 Å². The van der Waals surface area contributed by atoms with E-state index in [1.54, 1.807) is 0 Å². The van der Waals surface area contributed by atoms with Gasteiger partial charge in [0, 0.05) is 32.3 Å². The summed E-state index contributed by atoms with van der Waals surface area (Å²) in [5.74, 6) is 0.758. The lowest BCUT2D eigenvalue weighted by Gasteiger charge is -2.25. The highest BCUT2D eigenvalue weighted by molar-refractivity contribution is 6.43. The average Bonchev–Trinajstić information content (AvgIpc) is 2.92. The van der Waals surface area contributed by atoms with Crippen LogP contribution in [0.5, 0.6) is 0 Å². The number of halogens is 2. The van der Waals surface area contributed by atoms with Crippen molar-refractivity contribution in [2.24, 2.45) is 4.99 Å². The van der Waals surface area contributed by atoms with Crippen LogP contribution in [0.2, 0.25) is 10.0 Å². The van der Waals surface area contributed by atoms with Gasteiger partial charge in [0.15, 0.2) is 0 Å². The molecule has 2 heterocycles. The monoisotopic (exact) mass is 434 g/mol. The third-order valence-electron chi connectivity index (χ3n) is 5.32. The molecule has 0 radical (unpaired) electrons. The lowest BCUT2D eigenvalue weighted by atomic mass is 10.1. The van der Waals surface area contributed by atoms with Gasteiger partial charge in [0.05, 0.1) is 34.1 Å². The quantitative estimate of drug-likeness (QED) is 0.689. The van der Waals surface area contributed by atoms with Gasteiger partial charge in [0.2, 0.25) is 0 Å². The number of amides is 2. The minimum Gasteiger partial charge on any atom is -0.493 e. The third kappa shape index (κ3) is 4.94. The number of urea groups is 1. The Morgan fingerprint density at radius 1 is 1.21 bits per heavy atom. The largest absolute Gasteiger partial charge is 0.493 e. The summed E-state index contributed by atoms with van der Waals surface area (Å²) in [4.78, 5) is 20.0. The van der Waals surface area contributed by atoms with Gasteiger partial charge in [-0.25, -0.2) is 4.79 Å². The molecule has 1 aromatic carbocycles. The summed E-state index contributed by atoms with van der Waals surface area (Å²) in [7, 11) is 0. The van der Waals surface area contributed by atoms with Crippen LogP contribution in [0.4, 0.5) is 10.5 Å². The Kier molecular flexibility index (Phi) is 6.43. The van der Waals surface area contributed by atoms with Crippen molar-refractivity contribution in [3.8, 4) is 0 Å². The number of hydrogen-bond donors (Lipinski definition) is 1. The molecule has 8 heteroatoms. The maximum Gasteiger partial charge on any atom is 0.342 e. The van der Waals surface area contributed by atoms with E-state index in [1.807, 2.05) is 36.4 Å². The van der Waals surface area contributed by atoms with E-state index >= 15 is 0 Å². The van der Waals surface area contributed by atoms with Crippen molar-refractivity contribution in [2.45, 2.75) is 18.9 Å². The summed E-state index contributed by atoms with van der Waals surface area (Å²) < 4.78 is 5.85. The first-order chi connectivity index (χ1) is 14.1. The zero-order chi connectivity index (χ0) is 20.2. The number of aliphatic imine (C=N–C) groups is 1. The fourth-order valence-electron chi connectivity index (χ4n) is 3.82. The van der Waals surface area contributed by atoms with Gasteiger partial charge in [-0.15, -0.1) is 0 Å². The summed E-state index contributed by atoms with van der Waals surface area (Å²) in [5.41, 5.74) is 1.74. The van der Waals surface area contributed by atoms with Crippen molar-refractivity contribution in [3.05, 3.63) is 52.2 Å². The molecule has 1 unspecified atom stereocenters. The summed E-state index contributed by atoms with van der Waals surface area (Å²) in [5, 5.41) is 3.99. The minimum atomic E-state index is -0.290. The van der Waals surface area contributed by atoms with Gasteiger partial charge >= 0.3 is 6.03 Å². The molecule has 0 bridgehead atoms. The van der Waals surface area contributed by atoms with Crippen LogP contribution in [-0.4, -0.2) is 62.0 Å². The molecule has 1 N–H and O–H groups in total. The molecule has 2 amide bonds. The van der Waals surface area contributed by atoms with Gasteiger partial charge in [-0.1, -0.05) is 35.3 Å². The predicted molar refractivity (Wildman–Crippen MR) is 117 cm³/mol. The summed E-state index contributed by atoms with van der Waals surface area (Å²) in [6, 6.07) is 5.40. The lowest BCUT2D eigenvalue weighted by Crippen LogP contribution is -2.32. The Labute approximate surface area is 180 Å². The van der Waals surface area contributed by atoms with E-state index in [9.17, 15) is 4.79 Å². The number of nitrogens with zero attached hydrogens (tertiary/aromatic N) is 3. The van der Waals surface area contributed by atoms with Gasteiger partial charge in [-0.05, 0) is 37.6 Å². The summed E-state index contributed by atoms with van der Waals surface area (Å²) in [6.07, 6.45) is 7.66. The standard InChI is InChI=1S/C21H24Cl2N4O2/c22-16-4-1-5-19(20(16)23)27-10-2-8-26(11-12-27)9-3-13-29-15-6-7-17-18(14-15)25-21(28)24-17/h1,4-7,14,17H,2-3,8-13H2,(H,24,28). The Balaban J connectivity index is 1.22. The molecular formula is C21H24Cl2N4O2. The van der Waals surface area contributed by atoms with Crippen LogP contribution >= 0.6 is 23.2 Å². The van der Waals surface area contributed by atoms with Gasteiger partial charge in [0.1, 0.15) is 5.76 Å². The first-order valence-electron chi connectivity index (χ1n) is 9.93. The zero-order valence-electron chi connectivity index (χ0n) is 16.1. The van der Waals surface area contributed by atoms with Crippen LogP contribution in [0.15, 0.2) is 47.2 Å². The second kappa shape index (κ2) is 9.20. The Morgan fingerprint density at radius 3 is 3.00 bits per heavy atom. The normalized spacial score (nSPS) is 21.9. The van der Waals surface area contributed by atoms with Gasteiger partial charge in [-0.2, -0.15) is 4.99 Å². The maximum absolute atomic E-state index is 11.3. The minimum absolute atomic E-state index is 0.108. The molecule has 4 rings (SSSR count). The molecule has 2 aliphatic heterocycles. The molecule has 0 spiro atoms. The zero-order valence-corrected chi connectivity index (χ0v) is 17.6. The van der Waals surface area contributed by atoms with Crippen LogP contribution in [-0.2, 0) is 4.74 Å². The van der Waals surface area contributed by atoms with Crippen molar-refractivity contribution in [1.29, 1.82) is 0 Å². The predicted octanol–water partition coefficient (Wildman–Crippen LogP) is 3.90. The van der Waals surface area contributed by atoms with E-state index in [4.69, 9.17) is 27.9 Å². The average molecular weight is 435 g/mol. The molecule has 1 aliphatic carbocycles. The number of carbonyl (C=O) groups is 1. The highest BCUT2D eigenvalue weighted by Crippen LogP contribution is 2.32. The molecule has 154 valence electrons. The second-order valence-corrected chi connectivity index (χ2v) is 8.11. The van der Waals surface area contributed by atoms with Crippen molar-refractivity contribution in [1.82, 2.24) is 10.2 Å². The molecule has 3 aliphatic rings. The number of ether oxygens (including phenoxy) is 1. The molecule has 29 heavy (non-hydrogen) atoms. The lowest BCUT2D eigenvalue weighted by molar-refractivity contribution is 0.193. The smallest absolute Gasteiger partial charge is 0.342 e. The summed E-state index contributed by atoms with van der Waals surface area (Å²) >= 11 is 12.6. The molecule has 1 atom stereocenters. The number of benzene rings is 1.